The highest BCUT2D eigenvalue weighted by Gasteiger charge is 2.36. The first-order chi connectivity index (χ1) is 13.1. The summed E-state index contributed by atoms with van der Waals surface area (Å²) in [6.45, 7) is 0.886. The molecule has 1 aromatic carbocycles. The molecule has 1 unspecified atom stereocenters. The molecule has 2 aromatic rings. The number of hydrogen-bond acceptors (Lipinski definition) is 2. The van der Waals surface area contributed by atoms with Gasteiger partial charge >= 0.3 is 0 Å². The third kappa shape index (κ3) is 3.86. The smallest absolute Gasteiger partial charge is 0.226 e. The number of aromatic nitrogens is 1. The van der Waals surface area contributed by atoms with Crippen LogP contribution in [-0.4, -0.2) is 28.4 Å². The zero-order chi connectivity index (χ0) is 18.8. The van der Waals surface area contributed by atoms with E-state index in [1.807, 2.05) is 24.3 Å². The minimum atomic E-state index is 0.0240. The second-order valence-electron chi connectivity index (χ2n) is 7.64. The van der Waals surface area contributed by atoms with Crippen molar-refractivity contribution < 1.29 is 4.79 Å². The summed E-state index contributed by atoms with van der Waals surface area (Å²) >= 11 is 13.2. The lowest BCUT2D eigenvalue weighted by Gasteiger charge is -2.31. The minimum absolute atomic E-state index is 0.0240. The lowest BCUT2D eigenvalue weighted by Crippen LogP contribution is -2.39. The number of pyridine rings is 1. The monoisotopic (exact) mass is 402 g/mol. The first-order valence-corrected chi connectivity index (χ1v) is 10.6. The van der Waals surface area contributed by atoms with E-state index in [0.29, 0.717) is 28.4 Å². The Labute approximate surface area is 170 Å². The molecule has 3 nitrogen and oxygen atoms in total. The second-order valence-corrected chi connectivity index (χ2v) is 8.43. The Kier molecular flexibility index (Phi) is 5.70. The maximum Gasteiger partial charge on any atom is 0.226 e. The van der Waals surface area contributed by atoms with Crippen LogP contribution >= 0.6 is 23.2 Å². The molecule has 1 atom stereocenters. The summed E-state index contributed by atoms with van der Waals surface area (Å²) in [5.74, 6) is 0.328. The van der Waals surface area contributed by atoms with Crippen molar-refractivity contribution in [2.24, 2.45) is 5.92 Å². The van der Waals surface area contributed by atoms with Crippen LogP contribution in [0, 0.1) is 5.92 Å². The largest absolute Gasteiger partial charge is 0.339 e. The highest BCUT2D eigenvalue weighted by Crippen LogP contribution is 2.39. The highest BCUT2D eigenvalue weighted by molar-refractivity contribution is 6.39. The summed E-state index contributed by atoms with van der Waals surface area (Å²) < 4.78 is 0. The van der Waals surface area contributed by atoms with Gasteiger partial charge in [0.15, 0.2) is 0 Å². The number of halogens is 2. The number of benzene rings is 1. The van der Waals surface area contributed by atoms with Crippen molar-refractivity contribution in [1.29, 1.82) is 0 Å². The summed E-state index contributed by atoms with van der Waals surface area (Å²) in [7, 11) is 0. The molecule has 0 N–H and O–H groups in total. The van der Waals surface area contributed by atoms with Gasteiger partial charge in [0.05, 0.1) is 5.02 Å². The molecule has 5 heteroatoms. The summed E-state index contributed by atoms with van der Waals surface area (Å²) in [4.78, 5) is 19.2. The predicted octanol–water partition coefficient (Wildman–Crippen LogP) is 5.78. The number of nitrogens with zero attached hydrogens (tertiary/aromatic N) is 2. The third-order valence-electron chi connectivity index (χ3n) is 5.97. The van der Waals surface area contributed by atoms with E-state index < -0.39 is 0 Å². The Morgan fingerprint density at radius 1 is 1.00 bits per heavy atom. The van der Waals surface area contributed by atoms with Crippen molar-refractivity contribution in [2.45, 2.75) is 51.0 Å². The quantitative estimate of drug-likeness (QED) is 0.649. The maximum absolute atomic E-state index is 13.0. The third-order valence-corrected chi connectivity index (χ3v) is 6.72. The molecule has 1 saturated carbocycles. The topological polar surface area (TPSA) is 33.2 Å². The zero-order valence-electron chi connectivity index (χ0n) is 15.3. The first kappa shape index (κ1) is 18.8. The van der Waals surface area contributed by atoms with Crippen LogP contribution in [-0.2, 0) is 11.2 Å². The van der Waals surface area contributed by atoms with Crippen LogP contribution in [0.4, 0.5) is 0 Å². The average molecular weight is 403 g/mol. The molecular weight excluding hydrogens is 379 g/mol. The van der Waals surface area contributed by atoms with Gasteiger partial charge in [0.25, 0.3) is 0 Å². The molecule has 0 bridgehead atoms. The van der Waals surface area contributed by atoms with Crippen LogP contribution in [0.3, 0.4) is 0 Å². The molecule has 1 aliphatic carbocycles. The highest BCUT2D eigenvalue weighted by atomic mass is 35.5. The number of rotatable bonds is 4. The van der Waals surface area contributed by atoms with Gasteiger partial charge in [-0.25, -0.2) is 0 Å². The van der Waals surface area contributed by atoms with Crippen LogP contribution in [0.25, 0.3) is 11.1 Å². The van der Waals surface area contributed by atoms with Crippen LogP contribution < -0.4 is 0 Å². The molecule has 1 saturated heterocycles. The van der Waals surface area contributed by atoms with Crippen molar-refractivity contribution in [3.8, 4) is 11.1 Å². The summed E-state index contributed by atoms with van der Waals surface area (Å²) in [6.07, 6.45) is 11.2. The molecule has 1 aliphatic heterocycles. The van der Waals surface area contributed by atoms with Gasteiger partial charge in [0.2, 0.25) is 5.91 Å². The lowest BCUT2D eigenvalue weighted by molar-refractivity contribution is -0.133. The molecule has 1 aromatic heterocycles. The fourth-order valence-corrected chi connectivity index (χ4v) is 5.18. The Morgan fingerprint density at radius 3 is 2.48 bits per heavy atom. The summed E-state index contributed by atoms with van der Waals surface area (Å²) in [5.41, 5.74) is 2.77. The molecule has 1 amide bonds. The number of likely N-dealkylation sites (tertiary alicyclic amines) is 1. The van der Waals surface area contributed by atoms with Gasteiger partial charge in [-0.3, -0.25) is 9.78 Å². The van der Waals surface area contributed by atoms with E-state index in [9.17, 15) is 4.79 Å². The first-order valence-electron chi connectivity index (χ1n) is 9.83. The van der Waals surface area contributed by atoms with Crippen LogP contribution in [0.2, 0.25) is 10.0 Å². The van der Waals surface area contributed by atoms with E-state index in [4.69, 9.17) is 23.2 Å². The van der Waals surface area contributed by atoms with E-state index in [2.05, 4.69) is 9.88 Å². The fourth-order valence-electron chi connectivity index (χ4n) is 4.51. The number of carbonyl (C=O) groups excluding carboxylic acids is 1. The molecular formula is C22H24Cl2N2O. The van der Waals surface area contributed by atoms with Gasteiger partial charge < -0.3 is 4.90 Å². The Bertz CT molecular complexity index is 819. The van der Waals surface area contributed by atoms with Crippen molar-refractivity contribution in [2.75, 3.05) is 6.54 Å². The Balaban J connectivity index is 1.54. The van der Waals surface area contributed by atoms with Gasteiger partial charge in [0.1, 0.15) is 0 Å². The Morgan fingerprint density at radius 2 is 1.74 bits per heavy atom. The van der Waals surface area contributed by atoms with E-state index in [0.717, 1.165) is 42.5 Å². The van der Waals surface area contributed by atoms with Gasteiger partial charge in [-0.2, -0.15) is 0 Å². The number of carbonyl (C=O) groups is 1. The molecule has 0 radical (unpaired) electrons. The van der Waals surface area contributed by atoms with Crippen LogP contribution in [0.15, 0.2) is 36.7 Å². The van der Waals surface area contributed by atoms with Crippen LogP contribution in [0.1, 0.15) is 44.1 Å². The van der Waals surface area contributed by atoms with E-state index in [1.165, 1.54) is 19.3 Å². The molecule has 142 valence electrons. The normalized spacial score (nSPS) is 21.0. The SMILES string of the molecule is O=C1C(Cc2ccc(Cl)c(-c3ccncc3)c2Cl)CCN1C1CCCCC1. The standard InChI is InChI=1S/C22H24Cl2N2O/c23-19-7-6-16(21(24)20(19)15-8-11-25-12-9-15)14-17-10-13-26(22(17)27)18-4-2-1-3-5-18/h6-9,11-12,17-18H,1-5,10,13-14H2. The molecule has 2 heterocycles. The van der Waals surface area contributed by atoms with Gasteiger partial charge in [-0.05, 0) is 55.0 Å². The molecule has 2 fully saturated rings. The lowest BCUT2D eigenvalue weighted by atomic mass is 9.93. The van der Waals surface area contributed by atoms with Crippen molar-refractivity contribution in [3.63, 3.8) is 0 Å². The van der Waals surface area contributed by atoms with Crippen molar-refractivity contribution in [3.05, 3.63) is 52.3 Å². The van der Waals surface area contributed by atoms with Gasteiger partial charge in [-0.1, -0.05) is 48.5 Å². The average Bonchev–Trinajstić information content (AvgIpc) is 3.06. The number of hydrogen-bond donors (Lipinski definition) is 0. The van der Waals surface area contributed by atoms with Gasteiger partial charge in [-0.15, -0.1) is 0 Å². The van der Waals surface area contributed by atoms with E-state index >= 15 is 0 Å². The molecule has 2 aliphatic rings. The molecule has 4 rings (SSSR count). The van der Waals surface area contributed by atoms with E-state index in [1.54, 1.807) is 12.4 Å². The van der Waals surface area contributed by atoms with Gasteiger partial charge in [0, 0.05) is 41.5 Å². The zero-order valence-corrected chi connectivity index (χ0v) is 16.8. The van der Waals surface area contributed by atoms with Crippen molar-refractivity contribution >= 4 is 29.1 Å². The molecule has 0 spiro atoms. The summed E-state index contributed by atoms with van der Waals surface area (Å²) in [6, 6.07) is 8.11. The van der Waals surface area contributed by atoms with E-state index in [-0.39, 0.29) is 5.92 Å². The predicted molar refractivity (Wildman–Crippen MR) is 110 cm³/mol. The van der Waals surface area contributed by atoms with Crippen LogP contribution in [0.5, 0.6) is 0 Å². The molecule has 27 heavy (non-hydrogen) atoms. The minimum Gasteiger partial charge on any atom is -0.339 e. The summed E-state index contributed by atoms with van der Waals surface area (Å²) in [5, 5.41) is 1.27. The van der Waals surface area contributed by atoms with Crippen molar-refractivity contribution in [1.82, 2.24) is 9.88 Å². The maximum atomic E-state index is 13.0. The Hall–Kier alpha value is -1.58. The second kappa shape index (κ2) is 8.20. The fraction of sp³-hybridized carbons (Fsp3) is 0.455. The number of amides is 1.